The predicted octanol–water partition coefficient (Wildman–Crippen LogP) is 2.06. The summed E-state index contributed by atoms with van der Waals surface area (Å²) in [5.41, 5.74) is 5.75. The Hall–Kier alpha value is -0.570. The largest absolute Gasteiger partial charge is 0.356 e. The van der Waals surface area contributed by atoms with Crippen LogP contribution in [0.25, 0.3) is 0 Å². The topological polar surface area (TPSA) is 55.1 Å². The van der Waals surface area contributed by atoms with Crippen LogP contribution in [0.5, 0.6) is 0 Å². The van der Waals surface area contributed by atoms with Crippen LogP contribution >= 0.6 is 0 Å². The van der Waals surface area contributed by atoms with Gasteiger partial charge in [0, 0.05) is 19.0 Å². The zero-order valence-corrected chi connectivity index (χ0v) is 10.7. The van der Waals surface area contributed by atoms with E-state index >= 15 is 0 Å². The maximum Gasteiger partial charge on any atom is 0.221 e. The summed E-state index contributed by atoms with van der Waals surface area (Å²) in [6.45, 7) is 5.16. The van der Waals surface area contributed by atoms with Crippen LogP contribution in [0.3, 0.4) is 0 Å². The molecule has 3 unspecified atom stereocenters. The molecule has 0 heterocycles. The molecule has 0 spiro atoms. The summed E-state index contributed by atoms with van der Waals surface area (Å²) >= 11 is 0. The van der Waals surface area contributed by atoms with Crippen molar-refractivity contribution in [2.24, 2.45) is 17.6 Å². The molecule has 3 nitrogen and oxygen atoms in total. The lowest BCUT2D eigenvalue weighted by Gasteiger charge is -2.28. The van der Waals surface area contributed by atoms with Gasteiger partial charge < -0.3 is 11.1 Å². The molecule has 0 aromatic rings. The lowest BCUT2D eigenvalue weighted by molar-refractivity contribution is -0.121. The summed E-state index contributed by atoms with van der Waals surface area (Å²) in [6, 6.07) is 0.0174. The van der Waals surface area contributed by atoms with Crippen molar-refractivity contribution in [2.75, 3.05) is 6.54 Å². The van der Waals surface area contributed by atoms with E-state index in [4.69, 9.17) is 5.73 Å². The van der Waals surface area contributed by atoms with E-state index < -0.39 is 0 Å². The summed E-state index contributed by atoms with van der Waals surface area (Å²) < 4.78 is 0. The van der Waals surface area contributed by atoms with Crippen LogP contribution in [0.15, 0.2) is 0 Å². The fraction of sp³-hybridized carbons (Fsp3) is 0.923. The molecule has 16 heavy (non-hydrogen) atoms. The predicted molar refractivity (Wildman–Crippen MR) is 67.0 cm³/mol. The highest BCUT2D eigenvalue weighted by Gasteiger charge is 2.21. The van der Waals surface area contributed by atoms with Crippen LogP contribution in [-0.4, -0.2) is 18.5 Å². The summed E-state index contributed by atoms with van der Waals surface area (Å²) in [5.74, 6) is 1.55. The maximum atomic E-state index is 11.6. The molecule has 94 valence electrons. The van der Waals surface area contributed by atoms with E-state index in [0.29, 0.717) is 12.3 Å². The van der Waals surface area contributed by atoms with E-state index in [1.54, 1.807) is 0 Å². The smallest absolute Gasteiger partial charge is 0.221 e. The molecular formula is C13H26N2O. The monoisotopic (exact) mass is 226 g/mol. The molecule has 1 fully saturated rings. The van der Waals surface area contributed by atoms with Crippen molar-refractivity contribution in [3.63, 3.8) is 0 Å². The van der Waals surface area contributed by atoms with Gasteiger partial charge in [0.2, 0.25) is 5.91 Å². The third kappa shape index (κ3) is 4.52. The van der Waals surface area contributed by atoms with Gasteiger partial charge in [0.1, 0.15) is 0 Å². The second-order valence-corrected chi connectivity index (χ2v) is 5.20. The van der Waals surface area contributed by atoms with Crippen molar-refractivity contribution in [2.45, 2.75) is 58.4 Å². The quantitative estimate of drug-likeness (QED) is 0.754. The Bertz CT molecular complexity index is 218. The first kappa shape index (κ1) is 13.5. The zero-order chi connectivity index (χ0) is 12.0. The molecule has 0 radical (unpaired) electrons. The van der Waals surface area contributed by atoms with Crippen molar-refractivity contribution in [3.8, 4) is 0 Å². The second kappa shape index (κ2) is 6.89. The number of amides is 1. The minimum absolute atomic E-state index is 0.0174. The number of nitrogens with two attached hydrogens (primary N) is 1. The first-order valence-electron chi connectivity index (χ1n) is 6.65. The van der Waals surface area contributed by atoms with Crippen molar-refractivity contribution < 1.29 is 4.79 Å². The summed E-state index contributed by atoms with van der Waals surface area (Å²) in [5, 5.41) is 3.03. The van der Waals surface area contributed by atoms with E-state index in [-0.39, 0.29) is 11.9 Å². The van der Waals surface area contributed by atoms with Crippen LogP contribution in [-0.2, 0) is 4.79 Å². The van der Waals surface area contributed by atoms with Gasteiger partial charge in [-0.15, -0.1) is 0 Å². The van der Waals surface area contributed by atoms with E-state index in [2.05, 4.69) is 12.2 Å². The van der Waals surface area contributed by atoms with Gasteiger partial charge in [-0.25, -0.2) is 0 Å². The molecule has 0 aliphatic heterocycles. The molecule has 3 atom stereocenters. The van der Waals surface area contributed by atoms with Gasteiger partial charge >= 0.3 is 0 Å². The van der Waals surface area contributed by atoms with Gasteiger partial charge in [0.25, 0.3) is 0 Å². The Balaban J connectivity index is 2.20. The van der Waals surface area contributed by atoms with Gasteiger partial charge in [-0.05, 0) is 24.7 Å². The number of hydrogen-bond acceptors (Lipinski definition) is 2. The normalized spacial score (nSPS) is 27.4. The van der Waals surface area contributed by atoms with Gasteiger partial charge in [0.15, 0.2) is 0 Å². The van der Waals surface area contributed by atoms with Crippen LogP contribution < -0.4 is 11.1 Å². The Labute approximate surface area is 99.2 Å². The standard InChI is InChI=1S/C13H26N2O/c1-3-12(14)8-13(16)15-9-11-7-5-4-6-10(11)2/h10-12H,3-9,14H2,1-2H3,(H,15,16). The minimum atomic E-state index is 0.0174. The number of nitrogens with one attached hydrogen (secondary N) is 1. The Morgan fingerprint density at radius 2 is 2.12 bits per heavy atom. The molecular weight excluding hydrogens is 200 g/mol. The fourth-order valence-corrected chi connectivity index (χ4v) is 2.40. The summed E-state index contributed by atoms with van der Waals surface area (Å²) in [7, 11) is 0. The molecule has 0 saturated heterocycles. The third-order valence-corrected chi connectivity index (χ3v) is 3.82. The molecule has 1 amide bonds. The second-order valence-electron chi connectivity index (χ2n) is 5.20. The third-order valence-electron chi connectivity index (χ3n) is 3.82. The summed E-state index contributed by atoms with van der Waals surface area (Å²) in [6.07, 6.45) is 6.59. The fourth-order valence-electron chi connectivity index (χ4n) is 2.40. The van der Waals surface area contributed by atoms with Crippen LogP contribution in [0.4, 0.5) is 0 Å². The molecule has 0 aromatic carbocycles. The van der Waals surface area contributed by atoms with E-state index in [1.807, 2.05) is 6.92 Å². The first-order chi connectivity index (χ1) is 7.63. The molecule has 0 bridgehead atoms. The SMILES string of the molecule is CCC(N)CC(=O)NCC1CCCCC1C. The van der Waals surface area contributed by atoms with Gasteiger partial charge in [0.05, 0.1) is 0 Å². The van der Waals surface area contributed by atoms with Gasteiger partial charge in [-0.3, -0.25) is 4.79 Å². The minimum Gasteiger partial charge on any atom is -0.356 e. The first-order valence-corrected chi connectivity index (χ1v) is 6.65. The Morgan fingerprint density at radius 3 is 2.75 bits per heavy atom. The lowest BCUT2D eigenvalue weighted by atomic mass is 9.80. The lowest BCUT2D eigenvalue weighted by Crippen LogP contribution is -2.36. The van der Waals surface area contributed by atoms with Gasteiger partial charge in [-0.1, -0.05) is 33.1 Å². The van der Waals surface area contributed by atoms with Crippen LogP contribution in [0.1, 0.15) is 52.4 Å². The van der Waals surface area contributed by atoms with E-state index in [0.717, 1.165) is 18.9 Å². The van der Waals surface area contributed by atoms with Crippen molar-refractivity contribution in [1.82, 2.24) is 5.32 Å². The molecule has 0 aromatic heterocycles. The number of carbonyl (C=O) groups excluding carboxylic acids is 1. The highest BCUT2D eigenvalue weighted by molar-refractivity contribution is 5.76. The molecule has 1 saturated carbocycles. The number of hydrogen-bond donors (Lipinski definition) is 2. The van der Waals surface area contributed by atoms with Crippen LogP contribution in [0.2, 0.25) is 0 Å². The maximum absolute atomic E-state index is 11.6. The Kier molecular flexibility index (Phi) is 5.81. The highest BCUT2D eigenvalue weighted by Crippen LogP contribution is 2.28. The number of carbonyl (C=O) groups is 1. The van der Waals surface area contributed by atoms with Crippen LogP contribution in [0, 0.1) is 11.8 Å². The van der Waals surface area contributed by atoms with E-state index in [1.165, 1.54) is 25.7 Å². The average molecular weight is 226 g/mol. The zero-order valence-electron chi connectivity index (χ0n) is 10.7. The van der Waals surface area contributed by atoms with E-state index in [9.17, 15) is 4.79 Å². The van der Waals surface area contributed by atoms with Crippen molar-refractivity contribution >= 4 is 5.91 Å². The molecule has 3 heteroatoms. The van der Waals surface area contributed by atoms with Crippen molar-refractivity contribution in [1.29, 1.82) is 0 Å². The van der Waals surface area contributed by atoms with Gasteiger partial charge in [-0.2, -0.15) is 0 Å². The summed E-state index contributed by atoms with van der Waals surface area (Å²) in [4.78, 5) is 11.6. The highest BCUT2D eigenvalue weighted by atomic mass is 16.1. The average Bonchev–Trinajstić information content (AvgIpc) is 2.28. The molecule has 1 aliphatic rings. The molecule has 1 rings (SSSR count). The number of rotatable bonds is 5. The van der Waals surface area contributed by atoms with Crippen molar-refractivity contribution in [3.05, 3.63) is 0 Å². The Morgan fingerprint density at radius 1 is 1.44 bits per heavy atom. The molecule has 1 aliphatic carbocycles. The molecule has 3 N–H and O–H groups in total.